The third-order valence-electron chi connectivity index (χ3n) is 2.90. The molecule has 19 heavy (non-hydrogen) atoms. The second kappa shape index (κ2) is 4.37. The highest BCUT2D eigenvalue weighted by molar-refractivity contribution is 6.30. The van der Waals surface area contributed by atoms with Crippen molar-refractivity contribution in [2.45, 2.75) is 32.4 Å². The number of aromatic nitrogens is 1. The van der Waals surface area contributed by atoms with Crippen molar-refractivity contribution in [1.82, 2.24) is 4.98 Å². The van der Waals surface area contributed by atoms with Crippen molar-refractivity contribution < 1.29 is 13.2 Å². The first-order valence-electron chi connectivity index (χ1n) is 5.77. The summed E-state index contributed by atoms with van der Waals surface area (Å²) >= 11 is 6.08. The summed E-state index contributed by atoms with van der Waals surface area (Å²) in [6.07, 6.45) is -4.35. The van der Waals surface area contributed by atoms with E-state index in [1.54, 1.807) is 6.07 Å². The predicted octanol–water partition coefficient (Wildman–Crippen LogP) is 5.20. The molecule has 0 aliphatic rings. The molecule has 0 amide bonds. The Bertz CT molecular complexity index is 627. The van der Waals surface area contributed by atoms with Gasteiger partial charge >= 0.3 is 6.18 Å². The van der Waals surface area contributed by atoms with Gasteiger partial charge in [-0.05, 0) is 35.2 Å². The molecule has 0 unspecified atom stereocenters. The monoisotopic (exact) mass is 287 g/mol. The van der Waals surface area contributed by atoms with Crippen molar-refractivity contribution in [3.63, 3.8) is 0 Å². The molecule has 0 N–H and O–H groups in total. The maximum absolute atomic E-state index is 12.7. The van der Waals surface area contributed by atoms with Crippen molar-refractivity contribution in [2.24, 2.45) is 0 Å². The fourth-order valence-corrected chi connectivity index (χ4v) is 2.28. The van der Waals surface area contributed by atoms with Gasteiger partial charge < -0.3 is 0 Å². The lowest BCUT2D eigenvalue weighted by Gasteiger charge is -2.20. The SMILES string of the molecule is CC(C)(C)c1cc2cc(C(F)(F)F)ccc2nc1Cl. The van der Waals surface area contributed by atoms with Crippen LogP contribution >= 0.6 is 11.6 Å². The second-order valence-electron chi connectivity index (χ2n) is 5.48. The van der Waals surface area contributed by atoms with E-state index in [0.717, 1.165) is 17.7 Å². The lowest BCUT2D eigenvalue weighted by Crippen LogP contribution is -2.13. The Morgan fingerprint density at radius 3 is 2.21 bits per heavy atom. The summed E-state index contributed by atoms with van der Waals surface area (Å²) in [5.41, 5.74) is 0.253. The molecule has 102 valence electrons. The molecule has 0 aliphatic carbocycles. The molecule has 0 saturated carbocycles. The van der Waals surface area contributed by atoms with Gasteiger partial charge in [0.25, 0.3) is 0 Å². The minimum absolute atomic E-state index is 0.271. The summed E-state index contributed by atoms with van der Waals surface area (Å²) in [6.45, 7) is 5.82. The molecule has 1 aromatic heterocycles. The molecule has 0 saturated heterocycles. The molecule has 5 heteroatoms. The van der Waals surface area contributed by atoms with Crippen LogP contribution in [-0.4, -0.2) is 4.98 Å². The van der Waals surface area contributed by atoms with Gasteiger partial charge in [0.2, 0.25) is 0 Å². The van der Waals surface area contributed by atoms with E-state index < -0.39 is 11.7 Å². The van der Waals surface area contributed by atoms with Crippen LogP contribution in [0.15, 0.2) is 24.3 Å². The van der Waals surface area contributed by atoms with Crippen LogP contribution in [0.25, 0.3) is 10.9 Å². The van der Waals surface area contributed by atoms with Gasteiger partial charge in [0.1, 0.15) is 5.15 Å². The lowest BCUT2D eigenvalue weighted by molar-refractivity contribution is -0.137. The van der Waals surface area contributed by atoms with Gasteiger partial charge in [0.05, 0.1) is 11.1 Å². The van der Waals surface area contributed by atoms with Crippen LogP contribution in [0.5, 0.6) is 0 Å². The van der Waals surface area contributed by atoms with Crippen molar-refractivity contribution in [3.05, 3.63) is 40.5 Å². The summed E-state index contributed by atoms with van der Waals surface area (Å²) in [4.78, 5) is 4.16. The highest BCUT2D eigenvalue weighted by Gasteiger charge is 2.30. The third kappa shape index (κ3) is 2.84. The van der Waals surface area contributed by atoms with Crippen LogP contribution in [0.1, 0.15) is 31.9 Å². The molecule has 1 heterocycles. The molecule has 2 aromatic rings. The Labute approximate surface area is 114 Å². The molecular formula is C14H13ClF3N. The molecule has 0 aliphatic heterocycles. The minimum atomic E-state index is -4.35. The number of alkyl halides is 3. The van der Waals surface area contributed by atoms with Crippen molar-refractivity contribution in [3.8, 4) is 0 Å². The zero-order valence-corrected chi connectivity index (χ0v) is 11.5. The Kier molecular flexibility index (Phi) is 3.25. The summed E-state index contributed by atoms with van der Waals surface area (Å²) in [6, 6.07) is 5.15. The Morgan fingerprint density at radius 2 is 1.68 bits per heavy atom. The summed E-state index contributed by atoms with van der Waals surface area (Å²) in [5, 5.41) is 0.781. The Morgan fingerprint density at radius 1 is 1.05 bits per heavy atom. The Balaban J connectivity index is 2.69. The molecular weight excluding hydrogens is 275 g/mol. The maximum Gasteiger partial charge on any atom is 0.416 e. The first kappa shape index (κ1) is 14.1. The number of benzene rings is 1. The average Bonchev–Trinajstić information content (AvgIpc) is 2.24. The number of rotatable bonds is 0. The molecule has 0 bridgehead atoms. The highest BCUT2D eigenvalue weighted by atomic mass is 35.5. The molecule has 1 aromatic carbocycles. The highest BCUT2D eigenvalue weighted by Crippen LogP contribution is 2.34. The summed E-state index contributed by atoms with van der Waals surface area (Å²) in [5.74, 6) is 0. The van der Waals surface area contributed by atoms with Crippen LogP contribution in [0.2, 0.25) is 5.15 Å². The third-order valence-corrected chi connectivity index (χ3v) is 3.19. The molecule has 0 spiro atoms. The summed E-state index contributed by atoms with van der Waals surface area (Å²) < 4.78 is 38.0. The van der Waals surface area contributed by atoms with E-state index in [4.69, 9.17) is 11.6 Å². The van der Waals surface area contributed by atoms with Crippen molar-refractivity contribution in [2.75, 3.05) is 0 Å². The van der Waals surface area contributed by atoms with Gasteiger partial charge in [-0.1, -0.05) is 32.4 Å². The number of pyridine rings is 1. The van der Waals surface area contributed by atoms with Crippen LogP contribution in [0, 0.1) is 0 Å². The number of nitrogens with zero attached hydrogens (tertiary/aromatic N) is 1. The van der Waals surface area contributed by atoms with Crippen molar-refractivity contribution in [1.29, 1.82) is 0 Å². The van der Waals surface area contributed by atoms with Crippen LogP contribution in [0.4, 0.5) is 13.2 Å². The molecule has 0 fully saturated rings. The predicted molar refractivity (Wildman–Crippen MR) is 70.5 cm³/mol. The van der Waals surface area contributed by atoms with E-state index in [9.17, 15) is 13.2 Å². The normalized spacial score (nSPS) is 13.0. The average molecular weight is 288 g/mol. The molecule has 0 atom stereocenters. The van der Waals surface area contributed by atoms with Gasteiger partial charge in [0, 0.05) is 5.39 Å². The standard InChI is InChI=1S/C14H13ClF3N/c1-13(2,3)10-7-8-6-9(14(16,17)18)4-5-11(8)19-12(10)15/h4-7H,1-3H3. The fraction of sp³-hybridized carbons (Fsp3) is 0.357. The molecule has 1 nitrogen and oxygen atoms in total. The second-order valence-corrected chi connectivity index (χ2v) is 5.84. The number of halogens is 4. The van der Waals surface area contributed by atoms with E-state index in [1.807, 2.05) is 20.8 Å². The zero-order chi connectivity index (χ0) is 14.4. The Hall–Kier alpha value is -1.29. The zero-order valence-electron chi connectivity index (χ0n) is 10.8. The van der Waals surface area contributed by atoms with Crippen molar-refractivity contribution >= 4 is 22.5 Å². The van der Waals surface area contributed by atoms with E-state index in [1.165, 1.54) is 6.07 Å². The van der Waals surface area contributed by atoms with E-state index >= 15 is 0 Å². The van der Waals surface area contributed by atoms with Crippen LogP contribution in [0.3, 0.4) is 0 Å². The molecule has 2 rings (SSSR count). The quantitative estimate of drug-likeness (QED) is 0.607. The van der Waals surface area contributed by atoms with Crippen LogP contribution in [-0.2, 0) is 11.6 Å². The maximum atomic E-state index is 12.7. The van der Waals surface area contributed by atoms with Gasteiger partial charge in [0.15, 0.2) is 0 Å². The van der Waals surface area contributed by atoms with E-state index in [0.29, 0.717) is 16.1 Å². The topological polar surface area (TPSA) is 12.9 Å². The van der Waals surface area contributed by atoms with Gasteiger partial charge in [-0.3, -0.25) is 0 Å². The smallest absolute Gasteiger partial charge is 0.236 e. The number of hydrogen-bond donors (Lipinski definition) is 0. The summed E-state index contributed by atoms with van der Waals surface area (Å²) in [7, 11) is 0. The largest absolute Gasteiger partial charge is 0.416 e. The minimum Gasteiger partial charge on any atom is -0.236 e. The van der Waals surface area contributed by atoms with E-state index in [-0.39, 0.29) is 5.41 Å². The first-order chi connectivity index (χ1) is 8.59. The van der Waals surface area contributed by atoms with Gasteiger partial charge in [-0.2, -0.15) is 13.2 Å². The lowest BCUT2D eigenvalue weighted by atomic mass is 9.87. The van der Waals surface area contributed by atoms with Crippen LogP contribution < -0.4 is 0 Å². The van der Waals surface area contributed by atoms with E-state index in [2.05, 4.69) is 4.98 Å². The van der Waals surface area contributed by atoms with Gasteiger partial charge in [-0.15, -0.1) is 0 Å². The fourth-order valence-electron chi connectivity index (χ4n) is 1.86. The van der Waals surface area contributed by atoms with Gasteiger partial charge in [-0.25, -0.2) is 4.98 Å². The molecule has 0 radical (unpaired) electrons. The first-order valence-corrected chi connectivity index (χ1v) is 6.15. The number of hydrogen-bond acceptors (Lipinski definition) is 1. The number of fused-ring (bicyclic) bond motifs is 1.